The lowest BCUT2D eigenvalue weighted by Gasteiger charge is -2.19. The van der Waals surface area contributed by atoms with Crippen LogP contribution in [0.25, 0.3) is 11.3 Å². The molecular formula is C19H16ClN3O3. The lowest BCUT2D eigenvalue weighted by atomic mass is 10.0. The minimum absolute atomic E-state index is 0.0309. The second-order valence-corrected chi connectivity index (χ2v) is 6.44. The number of hydrogen-bond acceptors (Lipinski definition) is 4. The molecule has 4 rings (SSSR count). The summed E-state index contributed by atoms with van der Waals surface area (Å²) in [5.41, 5.74) is 2.66. The standard InChI is InChI=1S/C19H16ClN3O3/c20-14-3-4-15(22-10-14)12-8-13-11-23(19(25)16-2-1-5-21-16)6-7-26-18(13)17(24)9-12/h1-5,8-10,21,24H,6-7,11H2. The van der Waals surface area contributed by atoms with E-state index >= 15 is 0 Å². The number of amides is 1. The number of rotatable bonds is 2. The summed E-state index contributed by atoms with van der Waals surface area (Å²) < 4.78 is 5.69. The molecule has 132 valence electrons. The van der Waals surface area contributed by atoms with Crippen molar-refractivity contribution < 1.29 is 14.6 Å². The summed E-state index contributed by atoms with van der Waals surface area (Å²) in [5.74, 6) is 0.328. The number of pyridine rings is 1. The van der Waals surface area contributed by atoms with Gasteiger partial charge in [0, 0.05) is 30.1 Å². The van der Waals surface area contributed by atoms with E-state index in [1.165, 1.54) is 0 Å². The third kappa shape index (κ3) is 3.11. The Labute approximate surface area is 155 Å². The number of hydrogen-bond donors (Lipinski definition) is 2. The van der Waals surface area contributed by atoms with E-state index in [0.29, 0.717) is 41.9 Å². The van der Waals surface area contributed by atoms with E-state index in [0.717, 1.165) is 11.1 Å². The summed E-state index contributed by atoms with van der Waals surface area (Å²) in [6.45, 7) is 1.08. The molecule has 0 aliphatic carbocycles. The van der Waals surface area contributed by atoms with Crippen LogP contribution in [0, 0.1) is 0 Å². The minimum atomic E-state index is -0.110. The maximum atomic E-state index is 12.7. The first-order chi connectivity index (χ1) is 12.6. The van der Waals surface area contributed by atoms with Crippen molar-refractivity contribution >= 4 is 17.5 Å². The molecule has 0 fully saturated rings. The van der Waals surface area contributed by atoms with E-state index < -0.39 is 0 Å². The Kier molecular flexibility index (Phi) is 4.26. The molecule has 3 aromatic rings. The van der Waals surface area contributed by atoms with E-state index in [1.54, 1.807) is 47.6 Å². The molecule has 0 atom stereocenters. The van der Waals surface area contributed by atoms with Gasteiger partial charge < -0.3 is 19.7 Å². The molecule has 7 heteroatoms. The van der Waals surface area contributed by atoms with Crippen LogP contribution in [0.3, 0.4) is 0 Å². The van der Waals surface area contributed by atoms with Gasteiger partial charge in [-0.2, -0.15) is 0 Å². The molecule has 2 N–H and O–H groups in total. The number of phenolic OH excluding ortho intramolecular Hbond substituents is 1. The van der Waals surface area contributed by atoms with Gasteiger partial charge in [-0.1, -0.05) is 11.6 Å². The fourth-order valence-electron chi connectivity index (χ4n) is 3.00. The van der Waals surface area contributed by atoms with Crippen LogP contribution >= 0.6 is 11.6 Å². The number of carbonyl (C=O) groups excluding carboxylic acids is 1. The molecule has 0 bridgehead atoms. The molecule has 0 saturated heterocycles. The van der Waals surface area contributed by atoms with E-state index in [9.17, 15) is 9.90 Å². The van der Waals surface area contributed by atoms with Gasteiger partial charge in [-0.3, -0.25) is 9.78 Å². The van der Waals surface area contributed by atoms with Crippen LogP contribution in [0.4, 0.5) is 0 Å². The number of carbonyl (C=O) groups is 1. The molecule has 1 aliphatic heterocycles. The van der Waals surface area contributed by atoms with Crippen LogP contribution in [-0.2, 0) is 6.54 Å². The summed E-state index contributed by atoms with van der Waals surface area (Å²) in [4.78, 5) is 21.6. The first-order valence-electron chi connectivity index (χ1n) is 8.15. The molecule has 2 aromatic heterocycles. The number of aromatic nitrogens is 2. The Morgan fingerprint density at radius 3 is 2.92 bits per heavy atom. The van der Waals surface area contributed by atoms with Crippen molar-refractivity contribution in [2.24, 2.45) is 0 Å². The molecule has 1 aromatic carbocycles. The van der Waals surface area contributed by atoms with Gasteiger partial charge in [0.25, 0.3) is 5.91 Å². The topological polar surface area (TPSA) is 78.5 Å². The van der Waals surface area contributed by atoms with Gasteiger partial charge in [0.05, 0.1) is 17.3 Å². The summed E-state index contributed by atoms with van der Waals surface area (Å²) in [6.07, 6.45) is 3.27. The van der Waals surface area contributed by atoms with E-state index in [1.807, 2.05) is 6.07 Å². The van der Waals surface area contributed by atoms with Crippen LogP contribution in [-0.4, -0.2) is 39.0 Å². The van der Waals surface area contributed by atoms with Crippen molar-refractivity contribution in [1.29, 1.82) is 0 Å². The average Bonchev–Trinajstić information content (AvgIpc) is 3.08. The number of phenols is 1. The number of nitrogens with zero attached hydrogens (tertiary/aromatic N) is 2. The number of aromatic amines is 1. The van der Waals surface area contributed by atoms with Crippen molar-refractivity contribution in [1.82, 2.24) is 14.9 Å². The lowest BCUT2D eigenvalue weighted by molar-refractivity contribution is 0.0728. The zero-order chi connectivity index (χ0) is 18.1. The predicted molar refractivity (Wildman–Crippen MR) is 97.4 cm³/mol. The first kappa shape index (κ1) is 16.5. The highest BCUT2D eigenvalue weighted by molar-refractivity contribution is 6.30. The monoisotopic (exact) mass is 369 g/mol. The van der Waals surface area contributed by atoms with Crippen molar-refractivity contribution in [2.45, 2.75) is 6.54 Å². The normalized spacial score (nSPS) is 13.7. The van der Waals surface area contributed by atoms with E-state index in [2.05, 4.69) is 9.97 Å². The lowest BCUT2D eigenvalue weighted by Crippen LogP contribution is -2.32. The molecule has 0 saturated carbocycles. The highest BCUT2D eigenvalue weighted by Gasteiger charge is 2.24. The maximum absolute atomic E-state index is 12.7. The number of aromatic hydroxyl groups is 1. The van der Waals surface area contributed by atoms with Gasteiger partial charge in [-0.15, -0.1) is 0 Å². The van der Waals surface area contributed by atoms with Gasteiger partial charge in [-0.25, -0.2) is 0 Å². The second kappa shape index (κ2) is 6.72. The number of nitrogens with one attached hydrogen (secondary N) is 1. The smallest absolute Gasteiger partial charge is 0.270 e. The van der Waals surface area contributed by atoms with Crippen LogP contribution in [0.1, 0.15) is 16.1 Å². The third-order valence-corrected chi connectivity index (χ3v) is 4.48. The van der Waals surface area contributed by atoms with Gasteiger partial charge in [-0.05, 0) is 36.4 Å². The summed E-state index contributed by atoms with van der Waals surface area (Å²) in [6, 6.07) is 10.5. The van der Waals surface area contributed by atoms with Gasteiger partial charge >= 0.3 is 0 Å². The van der Waals surface area contributed by atoms with Crippen molar-refractivity contribution in [3.05, 3.63) is 65.1 Å². The number of ether oxygens (including phenoxy) is 1. The van der Waals surface area contributed by atoms with Crippen LogP contribution in [0.2, 0.25) is 5.02 Å². The molecule has 3 heterocycles. The SMILES string of the molecule is O=C(c1ccc[nH]1)N1CCOc2c(O)cc(-c3ccc(Cl)cn3)cc2C1. The van der Waals surface area contributed by atoms with E-state index in [4.69, 9.17) is 16.3 Å². The third-order valence-electron chi connectivity index (χ3n) is 4.25. The summed E-state index contributed by atoms with van der Waals surface area (Å²) >= 11 is 5.89. The Hall–Kier alpha value is -2.99. The largest absolute Gasteiger partial charge is 0.504 e. The summed E-state index contributed by atoms with van der Waals surface area (Å²) in [7, 11) is 0. The average molecular weight is 370 g/mol. The zero-order valence-electron chi connectivity index (χ0n) is 13.8. The molecule has 0 unspecified atom stereocenters. The molecule has 26 heavy (non-hydrogen) atoms. The number of fused-ring (bicyclic) bond motifs is 1. The second-order valence-electron chi connectivity index (χ2n) is 6.00. The van der Waals surface area contributed by atoms with Crippen molar-refractivity contribution in [3.8, 4) is 22.8 Å². The Morgan fingerprint density at radius 1 is 1.31 bits per heavy atom. The fraction of sp³-hybridized carbons (Fsp3) is 0.158. The molecular weight excluding hydrogens is 354 g/mol. The molecule has 1 amide bonds. The Balaban J connectivity index is 1.69. The molecule has 0 spiro atoms. The Morgan fingerprint density at radius 2 is 2.19 bits per heavy atom. The maximum Gasteiger partial charge on any atom is 0.270 e. The van der Waals surface area contributed by atoms with Gasteiger partial charge in [0.1, 0.15) is 12.3 Å². The zero-order valence-corrected chi connectivity index (χ0v) is 14.5. The quantitative estimate of drug-likeness (QED) is 0.725. The van der Waals surface area contributed by atoms with Crippen molar-refractivity contribution in [2.75, 3.05) is 13.2 Å². The fourth-order valence-corrected chi connectivity index (χ4v) is 3.11. The highest BCUT2D eigenvalue weighted by Crippen LogP contribution is 2.37. The predicted octanol–water partition coefficient (Wildman–Crippen LogP) is 3.47. The number of benzene rings is 1. The van der Waals surface area contributed by atoms with Gasteiger partial charge in [0.15, 0.2) is 11.5 Å². The Bertz CT molecular complexity index is 939. The van der Waals surface area contributed by atoms with Crippen LogP contribution < -0.4 is 4.74 Å². The molecule has 1 aliphatic rings. The molecule has 6 nitrogen and oxygen atoms in total. The summed E-state index contributed by atoms with van der Waals surface area (Å²) in [5, 5.41) is 10.9. The van der Waals surface area contributed by atoms with Crippen LogP contribution in [0.5, 0.6) is 11.5 Å². The minimum Gasteiger partial charge on any atom is -0.504 e. The van der Waals surface area contributed by atoms with E-state index in [-0.39, 0.29) is 11.7 Å². The number of halogens is 1. The number of H-pyrrole nitrogens is 1. The molecule has 0 radical (unpaired) electrons. The first-order valence-corrected chi connectivity index (χ1v) is 8.53. The van der Waals surface area contributed by atoms with Gasteiger partial charge in [0.2, 0.25) is 0 Å². The highest BCUT2D eigenvalue weighted by atomic mass is 35.5. The van der Waals surface area contributed by atoms with Crippen LogP contribution in [0.15, 0.2) is 48.8 Å². The van der Waals surface area contributed by atoms with Crippen molar-refractivity contribution in [3.63, 3.8) is 0 Å².